The van der Waals surface area contributed by atoms with E-state index in [0.29, 0.717) is 12.1 Å². The van der Waals surface area contributed by atoms with Gasteiger partial charge in [0.15, 0.2) is 0 Å². The van der Waals surface area contributed by atoms with Crippen molar-refractivity contribution in [2.75, 3.05) is 12.4 Å². The Bertz CT molecular complexity index is 473. The molecule has 1 amide bonds. The monoisotopic (exact) mass is 248 g/mol. The zero-order valence-corrected chi connectivity index (χ0v) is 10.1. The predicted molar refractivity (Wildman–Crippen MR) is 67.1 cm³/mol. The molecule has 96 valence electrons. The molecular formula is C13H16N2O3. The van der Waals surface area contributed by atoms with Gasteiger partial charge in [0.1, 0.15) is 0 Å². The Morgan fingerprint density at radius 2 is 2.17 bits per heavy atom. The normalized spacial score (nSPS) is 21.4. The topological polar surface area (TPSA) is 78.4 Å². The van der Waals surface area contributed by atoms with Gasteiger partial charge >= 0.3 is 5.97 Å². The Balaban J connectivity index is 1.95. The fourth-order valence-electron chi connectivity index (χ4n) is 1.96. The van der Waals surface area contributed by atoms with E-state index in [9.17, 15) is 9.59 Å². The van der Waals surface area contributed by atoms with Gasteiger partial charge in [0.25, 0.3) is 0 Å². The highest BCUT2D eigenvalue weighted by molar-refractivity contribution is 5.98. The highest BCUT2D eigenvalue weighted by Crippen LogP contribution is 2.39. The van der Waals surface area contributed by atoms with Crippen LogP contribution in [0, 0.1) is 11.8 Å². The number of carbonyl (C=O) groups is 2. The van der Waals surface area contributed by atoms with Crippen LogP contribution in [0.4, 0.5) is 5.69 Å². The minimum Gasteiger partial charge on any atom is -0.481 e. The molecule has 1 aliphatic carbocycles. The van der Waals surface area contributed by atoms with E-state index in [2.05, 4.69) is 10.6 Å². The summed E-state index contributed by atoms with van der Waals surface area (Å²) >= 11 is 0. The molecule has 5 nitrogen and oxygen atoms in total. The lowest BCUT2D eigenvalue weighted by Gasteiger charge is -2.06. The number of anilines is 1. The number of benzene rings is 1. The predicted octanol–water partition coefficient (Wildman–Crippen LogP) is 1.07. The van der Waals surface area contributed by atoms with E-state index < -0.39 is 11.9 Å². The van der Waals surface area contributed by atoms with Crippen LogP contribution < -0.4 is 10.6 Å². The van der Waals surface area contributed by atoms with E-state index in [1.807, 2.05) is 25.2 Å². The third-order valence-corrected chi connectivity index (χ3v) is 3.02. The zero-order chi connectivity index (χ0) is 13.1. The molecule has 5 heteroatoms. The maximum absolute atomic E-state index is 11.8. The maximum atomic E-state index is 11.8. The molecular weight excluding hydrogens is 232 g/mol. The summed E-state index contributed by atoms with van der Waals surface area (Å²) < 4.78 is 0. The van der Waals surface area contributed by atoms with Crippen LogP contribution in [-0.2, 0) is 16.1 Å². The average Bonchev–Trinajstić information content (AvgIpc) is 3.09. The molecule has 1 aliphatic rings. The summed E-state index contributed by atoms with van der Waals surface area (Å²) in [5.74, 6) is -1.98. The highest BCUT2D eigenvalue weighted by Gasteiger charge is 2.48. The molecule has 0 unspecified atom stereocenters. The Hall–Kier alpha value is -1.88. The molecule has 0 aliphatic heterocycles. The summed E-state index contributed by atoms with van der Waals surface area (Å²) in [6.07, 6.45) is 0.442. The standard InChI is InChI=1S/C13H16N2O3/c1-14-7-8-3-2-4-9(5-8)15-12(16)10-6-11(10)13(17)18/h2-5,10-11,14H,6-7H2,1H3,(H,15,16)(H,17,18)/t10-,11+/m1/s1. The van der Waals surface area contributed by atoms with Crippen molar-refractivity contribution in [3.05, 3.63) is 29.8 Å². The number of hydrogen-bond acceptors (Lipinski definition) is 3. The molecule has 0 heterocycles. The van der Waals surface area contributed by atoms with Gasteiger partial charge in [-0.15, -0.1) is 0 Å². The van der Waals surface area contributed by atoms with E-state index in [1.165, 1.54) is 0 Å². The van der Waals surface area contributed by atoms with Crippen LogP contribution >= 0.6 is 0 Å². The molecule has 1 aromatic carbocycles. The van der Waals surface area contributed by atoms with Gasteiger partial charge in [-0.05, 0) is 31.2 Å². The van der Waals surface area contributed by atoms with Crippen molar-refractivity contribution in [1.82, 2.24) is 5.32 Å². The number of hydrogen-bond donors (Lipinski definition) is 3. The third kappa shape index (κ3) is 2.87. The van der Waals surface area contributed by atoms with Crippen LogP contribution in [0.1, 0.15) is 12.0 Å². The molecule has 0 saturated heterocycles. The molecule has 0 spiro atoms. The number of nitrogens with one attached hydrogen (secondary N) is 2. The summed E-state index contributed by atoms with van der Waals surface area (Å²) in [4.78, 5) is 22.4. The van der Waals surface area contributed by atoms with Crippen LogP contribution in [0.25, 0.3) is 0 Å². The number of carbonyl (C=O) groups excluding carboxylic acids is 1. The van der Waals surface area contributed by atoms with Crippen LogP contribution in [0.3, 0.4) is 0 Å². The lowest BCUT2D eigenvalue weighted by molar-refractivity contribution is -0.139. The molecule has 3 N–H and O–H groups in total. The lowest BCUT2D eigenvalue weighted by atomic mass is 10.2. The first-order chi connectivity index (χ1) is 8.61. The second-order valence-corrected chi connectivity index (χ2v) is 4.51. The number of amides is 1. The van der Waals surface area contributed by atoms with Crippen molar-refractivity contribution in [3.63, 3.8) is 0 Å². The van der Waals surface area contributed by atoms with E-state index >= 15 is 0 Å². The number of carboxylic acid groups (broad SMARTS) is 1. The second-order valence-electron chi connectivity index (χ2n) is 4.51. The summed E-state index contributed by atoms with van der Waals surface area (Å²) in [5, 5.41) is 14.6. The molecule has 1 saturated carbocycles. The van der Waals surface area contributed by atoms with E-state index in [0.717, 1.165) is 12.1 Å². The molecule has 0 aromatic heterocycles. The van der Waals surface area contributed by atoms with Crippen molar-refractivity contribution in [1.29, 1.82) is 0 Å². The minimum atomic E-state index is -0.890. The SMILES string of the molecule is CNCc1cccc(NC(=O)[C@@H]2C[C@@H]2C(=O)O)c1. The van der Waals surface area contributed by atoms with Gasteiger partial charge in [-0.3, -0.25) is 9.59 Å². The van der Waals surface area contributed by atoms with Crippen molar-refractivity contribution < 1.29 is 14.7 Å². The van der Waals surface area contributed by atoms with E-state index in [4.69, 9.17) is 5.11 Å². The van der Waals surface area contributed by atoms with Gasteiger partial charge in [-0.25, -0.2) is 0 Å². The Morgan fingerprint density at radius 1 is 1.39 bits per heavy atom. The Kier molecular flexibility index (Phi) is 3.62. The summed E-state index contributed by atoms with van der Waals surface area (Å²) in [5.41, 5.74) is 1.78. The van der Waals surface area contributed by atoms with Gasteiger partial charge in [-0.2, -0.15) is 0 Å². The molecule has 0 bridgehead atoms. The highest BCUT2D eigenvalue weighted by atomic mass is 16.4. The summed E-state index contributed by atoms with van der Waals surface area (Å²) in [6, 6.07) is 7.51. The van der Waals surface area contributed by atoms with Crippen molar-refractivity contribution in [2.24, 2.45) is 11.8 Å². The van der Waals surface area contributed by atoms with Crippen molar-refractivity contribution in [2.45, 2.75) is 13.0 Å². The minimum absolute atomic E-state index is 0.205. The van der Waals surface area contributed by atoms with Crippen molar-refractivity contribution >= 4 is 17.6 Å². The first kappa shape index (κ1) is 12.6. The third-order valence-electron chi connectivity index (χ3n) is 3.02. The zero-order valence-electron chi connectivity index (χ0n) is 10.1. The van der Waals surface area contributed by atoms with Gasteiger partial charge in [-0.1, -0.05) is 12.1 Å². The van der Waals surface area contributed by atoms with Gasteiger partial charge in [0.05, 0.1) is 11.8 Å². The van der Waals surface area contributed by atoms with Gasteiger partial charge < -0.3 is 15.7 Å². The number of rotatable bonds is 5. The van der Waals surface area contributed by atoms with Gasteiger partial charge in [0, 0.05) is 12.2 Å². The van der Waals surface area contributed by atoms with Crippen LogP contribution in [0.2, 0.25) is 0 Å². The van der Waals surface area contributed by atoms with Crippen LogP contribution in [-0.4, -0.2) is 24.0 Å². The molecule has 2 atom stereocenters. The first-order valence-electron chi connectivity index (χ1n) is 5.89. The first-order valence-corrected chi connectivity index (χ1v) is 5.89. The number of carboxylic acids is 1. The van der Waals surface area contributed by atoms with Crippen LogP contribution in [0.5, 0.6) is 0 Å². The fourth-order valence-corrected chi connectivity index (χ4v) is 1.96. The van der Waals surface area contributed by atoms with Gasteiger partial charge in [0.2, 0.25) is 5.91 Å². The molecule has 18 heavy (non-hydrogen) atoms. The largest absolute Gasteiger partial charge is 0.481 e. The fraction of sp³-hybridized carbons (Fsp3) is 0.385. The average molecular weight is 248 g/mol. The van der Waals surface area contributed by atoms with E-state index in [1.54, 1.807) is 6.07 Å². The van der Waals surface area contributed by atoms with Crippen molar-refractivity contribution in [3.8, 4) is 0 Å². The Morgan fingerprint density at radius 3 is 2.78 bits per heavy atom. The molecule has 1 aromatic rings. The summed E-state index contributed by atoms with van der Waals surface area (Å²) in [7, 11) is 1.85. The Labute approximate surface area is 105 Å². The van der Waals surface area contributed by atoms with E-state index in [-0.39, 0.29) is 11.8 Å². The second kappa shape index (κ2) is 5.18. The smallest absolute Gasteiger partial charge is 0.307 e. The van der Waals surface area contributed by atoms with Crippen LogP contribution in [0.15, 0.2) is 24.3 Å². The molecule has 0 radical (unpaired) electrons. The number of aliphatic carboxylic acids is 1. The lowest BCUT2D eigenvalue weighted by Crippen LogP contribution is -2.17. The maximum Gasteiger partial charge on any atom is 0.307 e. The quantitative estimate of drug-likeness (QED) is 0.728. The summed E-state index contributed by atoms with van der Waals surface area (Å²) in [6.45, 7) is 0.727. The molecule has 1 fully saturated rings. The molecule has 2 rings (SSSR count).